The Kier molecular flexibility index (Phi) is 7.48. The van der Waals surface area contributed by atoms with Crippen molar-refractivity contribution in [2.75, 3.05) is 30.3 Å². The number of carbonyl (C=O) groups excluding carboxylic acids is 1. The van der Waals surface area contributed by atoms with Crippen LogP contribution in [-0.2, 0) is 11.2 Å². The SMILES string of the molecule is C=CC(=O)N1CCN(c2nc(=O)n(-c3c(C)ncnc3CCC)c3nc(-c4c(N)cccc4F)c(F)cc23)C[C@@H]1C. The molecular formula is C29H30F2N8O2. The van der Waals surface area contributed by atoms with Gasteiger partial charge in [-0.15, -0.1) is 0 Å². The lowest BCUT2D eigenvalue weighted by Gasteiger charge is -2.40. The number of nitrogens with two attached hydrogens (primary N) is 1. The average molecular weight is 561 g/mol. The number of rotatable bonds is 6. The summed E-state index contributed by atoms with van der Waals surface area (Å²) in [5, 5.41) is 0.238. The fourth-order valence-electron chi connectivity index (χ4n) is 5.34. The molecular weight excluding hydrogens is 530 g/mol. The number of hydrogen-bond acceptors (Lipinski definition) is 8. The molecule has 12 heteroatoms. The van der Waals surface area contributed by atoms with E-state index in [4.69, 9.17) is 5.73 Å². The van der Waals surface area contributed by atoms with Gasteiger partial charge in [-0.05, 0) is 44.5 Å². The van der Waals surface area contributed by atoms with Gasteiger partial charge in [-0.2, -0.15) is 4.98 Å². The second-order valence-electron chi connectivity index (χ2n) is 9.98. The van der Waals surface area contributed by atoms with Crippen LogP contribution in [0.25, 0.3) is 28.0 Å². The summed E-state index contributed by atoms with van der Waals surface area (Å²) in [6, 6.07) is 5.01. The summed E-state index contributed by atoms with van der Waals surface area (Å²) in [5.74, 6) is -1.56. The first-order chi connectivity index (χ1) is 19.7. The minimum Gasteiger partial charge on any atom is -0.398 e. The van der Waals surface area contributed by atoms with Crippen molar-refractivity contribution in [3.8, 4) is 16.9 Å². The molecule has 0 saturated carbocycles. The second-order valence-corrected chi connectivity index (χ2v) is 9.98. The van der Waals surface area contributed by atoms with Gasteiger partial charge in [0, 0.05) is 31.4 Å². The number of aryl methyl sites for hydroxylation is 2. The number of hydrogen-bond donors (Lipinski definition) is 1. The zero-order chi connectivity index (χ0) is 29.4. The van der Waals surface area contributed by atoms with Crippen LogP contribution in [0.2, 0.25) is 0 Å². The molecule has 4 heterocycles. The molecule has 212 valence electrons. The number of pyridine rings is 1. The van der Waals surface area contributed by atoms with Crippen LogP contribution in [0.5, 0.6) is 0 Å². The number of piperazine rings is 1. The van der Waals surface area contributed by atoms with Crippen LogP contribution in [0, 0.1) is 18.6 Å². The highest BCUT2D eigenvalue weighted by molar-refractivity contribution is 5.92. The first-order valence-electron chi connectivity index (χ1n) is 13.3. The van der Waals surface area contributed by atoms with Gasteiger partial charge in [0.1, 0.15) is 23.7 Å². The Morgan fingerprint density at radius 3 is 2.66 bits per heavy atom. The number of carbonyl (C=O) groups is 1. The molecule has 10 nitrogen and oxygen atoms in total. The van der Waals surface area contributed by atoms with E-state index in [1.165, 1.54) is 41.2 Å². The molecule has 0 spiro atoms. The van der Waals surface area contributed by atoms with Gasteiger partial charge in [0.2, 0.25) is 5.91 Å². The highest BCUT2D eigenvalue weighted by Crippen LogP contribution is 2.34. The van der Waals surface area contributed by atoms with Crippen LogP contribution in [0.3, 0.4) is 0 Å². The van der Waals surface area contributed by atoms with Crippen molar-refractivity contribution in [1.29, 1.82) is 0 Å². The molecule has 1 aromatic carbocycles. The fourth-order valence-corrected chi connectivity index (χ4v) is 5.34. The Bertz CT molecular complexity index is 1720. The predicted molar refractivity (Wildman–Crippen MR) is 153 cm³/mol. The smallest absolute Gasteiger partial charge is 0.355 e. The number of fused-ring (bicyclic) bond motifs is 1. The van der Waals surface area contributed by atoms with Gasteiger partial charge < -0.3 is 15.5 Å². The highest BCUT2D eigenvalue weighted by atomic mass is 19.1. The maximum absolute atomic E-state index is 15.8. The molecule has 1 aliphatic heterocycles. The van der Waals surface area contributed by atoms with E-state index in [0.29, 0.717) is 43.1 Å². The molecule has 0 aliphatic carbocycles. The Balaban J connectivity index is 1.81. The van der Waals surface area contributed by atoms with E-state index < -0.39 is 17.3 Å². The number of nitrogen functional groups attached to an aromatic ring is 1. The number of aromatic nitrogens is 5. The largest absolute Gasteiger partial charge is 0.398 e. The normalized spacial score (nSPS) is 15.4. The van der Waals surface area contributed by atoms with Gasteiger partial charge in [-0.3, -0.25) is 4.79 Å². The monoisotopic (exact) mass is 560 g/mol. The maximum Gasteiger partial charge on any atom is 0.355 e. The quantitative estimate of drug-likeness (QED) is 0.280. The number of anilines is 2. The summed E-state index contributed by atoms with van der Waals surface area (Å²) in [6.45, 7) is 10.2. The molecule has 4 aromatic rings. The van der Waals surface area contributed by atoms with E-state index in [-0.39, 0.29) is 45.7 Å². The molecule has 0 radical (unpaired) electrons. The topological polar surface area (TPSA) is 123 Å². The number of halogens is 2. The molecule has 0 unspecified atom stereocenters. The van der Waals surface area contributed by atoms with E-state index in [2.05, 4.69) is 26.5 Å². The molecule has 1 fully saturated rings. The third kappa shape index (κ3) is 4.90. The maximum atomic E-state index is 15.8. The standard InChI is InChI=1S/C29H30F2N8O2/c1-5-8-22-26(17(4)33-15-34-22)39-28-18(13-20(31)25(35-28)24-19(30)9-7-10-21(24)32)27(36-29(39)41)37-11-12-38(16(3)14-37)23(40)6-2/h6-7,9-10,13,15-16H,2,5,8,11-12,14,32H2,1,3-4H3/t16-/m0/s1. The summed E-state index contributed by atoms with van der Waals surface area (Å²) in [4.78, 5) is 47.2. The summed E-state index contributed by atoms with van der Waals surface area (Å²) >= 11 is 0. The third-order valence-corrected chi connectivity index (χ3v) is 7.26. The zero-order valence-corrected chi connectivity index (χ0v) is 23.1. The Morgan fingerprint density at radius 2 is 1.98 bits per heavy atom. The summed E-state index contributed by atoms with van der Waals surface area (Å²) in [5.41, 5.74) is 6.40. The van der Waals surface area contributed by atoms with E-state index >= 15 is 4.39 Å². The summed E-state index contributed by atoms with van der Waals surface area (Å²) < 4.78 is 32.0. The lowest BCUT2D eigenvalue weighted by atomic mass is 10.1. The van der Waals surface area contributed by atoms with Crippen LogP contribution >= 0.6 is 0 Å². The van der Waals surface area contributed by atoms with Crippen LogP contribution < -0.4 is 16.3 Å². The first-order valence-corrected chi connectivity index (χ1v) is 13.3. The van der Waals surface area contributed by atoms with Crippen molar-refractivity contribution in [2.24, 2.45) is 0 Å². The molecule has 1 saturated heterocycles. The van der Waals surface area contributed by atoms with Crippen LogP contribution in [0.15, 0.2) is 48.0 Å². The minimum absolute atomic E-state index is 0.00153. The highest BCUT2D eigenvalue weighted by Gasteiger charge is 2.30. The molecule has 1 atom stereocenters. The van der Waals surface area contributed by atoms with E-state index in [9.17, 15) is 14.0 Å². The van der Waals surface area contributed by atoms with Crippen molar-refractivity contribution in [1.82, 2.24) is 29.4 Å². The van der Waals surface area contributed by atoms with Gasteiger partial charge in [-0.25, -0.2) is 33.1 Å². The van der Waals surface area contributed by atoms with E-state index in [1.807, 2.05) is 18.7 Å². The fraction of sp³-hybridized carbons (Fsp3) is 0.310. The Morgan fingerprint density at radius 1 is 1.20 bits per heavy atom. The van der Waals surface area contributed by atoms with E-state index in [1.54, 1.807) is 11.8 Å². The van der Waals surface area contributed by atoms with E-state index in [0.717, 1.165) is 6.42 Å². The third-order valence-electron chi connectivity index (χ3n) is 7.26. The van der Waals surface area contributed by atoms with Crippen LogP contribution in [0.4, 0.5) is 20.3 Å². The molecule has 1 aliphatic rings. The van der Waals surface area contributed by atoms with Gasteiger partial charge >= 0.3 is 5.69 Å². The summed E-state index contributed by atoms with van der Waals surface area (Å²) in [7, 11) is 0. The lowest BCUT2D eigenvalue weighted by molar-refractivity contribution is -0.128. The number of nitrogens with zero attached hydrogens (tertiary/aromatic N) is 7. The van der Waals surface area contributed by atoms with Crippen molar-refractivity contribution >= 4 is 28.4 Å². The molecule has 5 rings (SSSR count). The van der Waals surface area contributed by atoms with Crippen molar-refractivity contribution in [2.45, 2.75) is 39.7 Å². The van der Waals surface area contributed by atoms with Gasteiger partial charge in [0.25, 0.3) is 0 Å². The molecule has 3 aromatic heterocycles. The van der Waals surface area contributed by atoms with Gasteiger partial charge in [-0.1, -0.05) is 26.0 Å². The minimum atomic E-state index is -0.828. The molecule has 1 amide bonds. The zero-order valence-electron chi connectivity index (χ0n) is 23.1. The van der Waals surface area contributed by atoms with Gasteiger partial charge in [0.15, 0.2) is 11.5 Å². The molecule has 41 heavy (non-hydrogen) atoms. The number of benzene rings is 1. The number of amides is 1. The van der Waals surface area contributed by atoms with Crippen molar-refractivity contribution < 1.29 is 13.6 Å². The Hall–Kier alpha value is -4.74. The van der Waals surface area contributed by atoms with Crippen molar-refractivity contribution in [3.63, 3.8) is 0 Å². The first kappa shape index (κ1) is 27.8. The van der Waals surface area contributed by atoms with Crippen molar-refractivity contribution in [3.05, 3.63) is 76.8 Å². The van der Waals surface area contributed by atoms with Crippen LogP contribution in [-0.4, -0.2) is 61.0 Å². The average Bonchev–Trinajstić information content (AvgIpc) is 2.94. The Labute approximate surface area is 235 Å². The molecule has 0 bridgehead atoms. The predicted octanol–water partition coefficient (Wildman–Crippen LogP) is 3.58. The summed E-state index contributed by atoms with van der Waals surface area (Å²) in [6.07, 6.45) is 3.96. The van der Waals surface area contributed by atoms with Crippen LogP contribution in [0.1, 0.15) is 31.7 Å². The molecule has 2 N–H and O–H groups in total. The second kappa shape index (κ2) is 11.0. The van der Waals surface area contributed by atoms with Gasteiger partial charge in [0.05, 0.1) is 28.0 Å². The lowest BCUT2D eigenvalue weighted by Crippen LogP contribution is -2.54.